The Labute approximate surface area is 87.0 Å². The van der Waals surface area contributed by atoms with E-state index in [-0.39, 0.29) is 12.0 Å². The number of rotatable bonds is 8. The van der Waals surface area contributed by atoms with Gasteiger partial charge in [-0.3, -0.25) is 0 Å². The van der Waals surface area contributed by atoms with E-state index in [1.54, 1.807) is 0 Å². The Balaban J connectivity index is 4.28. The summed E-state index contributed by atoms with van der Waals surface area (Å²) in [6, 6.07) is 0. The maximum absolute atomic E-state index is 9.95. The van der Waals surface area contributed by atoms with Crippen LogP contribution >= 0.6 is 0 Å². The van der Waals surface area contributed by atoms with Crippen LogP contribution in [0, 0.1) is 5.41 Å². The van der Waals surface area contributed by atoms with Crippen molar-refractivity contribution < 1.29 is 10.2 Å². The summed E-state index contributed by atoms with van der Waals surface area (Å²) in [4.78, 5) is 0. The maximum Gasteiger partial charge on any atom is 0.0600 e. The highest BCUT2D eigenvalue weighted by Gasteiger charge is 2.29. The lowest BCUT2D eigenvalue weighted by Crippen LogP contribution is -2.31. The van der Waals surface area contributed by atoms with Crippen LogP contribution < -0.4 is 0 Å². The van der Waals surface area contributed by atoms with Crippen LogP contribution in [0.25, 0.3) is 0 Å². The molecule has 1 unspecified atom stereocenters. The van der Waals surface area contributed by atoms with Crippen molar-refractivity contribution in [1.29, 1.82) is 0 Å². The molecule has 0 fully saturated rings. The minimum absolute atomic E-state index is 0.134. The molecule has 0 aromatic heterocycles. The lowest BCUT2D eigenvalue weighted by Gasteiger charge is -2.32. The van der Waals surface area contributed by atoms with E-state index in [9.17, 15) is 5.11 Å². The molecule has 2 heteroatoms. The summed E-state index contributed by atoms with van der Waals surface area (Å²) in [5, 5.41) is 18.6. The first-order chi connectivity index (χ1) is 6.60. The standard InChI is InChI=1S/C12H22O2/c1-4-8-12(3,9-5-2)11(14)7-6-10-13/h4-5,11,13-14H,1-2,6-10H2,3H3. The normalized spacial score (nSPS) is 13.6. The van der Waals surface area contributed by atoms with Crippen molar-refractivity contribution in [2.45, 2.75) is 38.7 Å². The molecule has 0 aromatic rings. The molecule has 0 aliphatic rings. The molecule has 2 nitrogen and oxygen atoms in total. The zero-order valence-electron chi connectivity index (χ0n) is 9.08. The van der Waals surface area contributed by atoms with Crippen LogP contribution in [0.2, 0.25) is 0 Å². The lowest BCUT2D eigenvalue weighted by atomic mass is 9.76. The number of aliphatic hydroxyl groups is 2. The first-order valence-corrected chi connectivity index (χ1v) is 5.11. The average Bonchev–Trinajstić information content (AvgIpc) is 2.15. The third-order valence-corrected chi connectivity index (χ3v) is 2.66. The van der Waals surface area contributed by atoms with Crippen molar-refractivity contribution in [3.63, 3.8) is 0 Å². The Hall–Kier alpha value is -0.600. The van der Waals surface area contributed by atoms with Gasteiger partial charge in [-0.2, -0.15) is 0 Å². The summed E-state index contributed by atoms with van der Waals surface area (Å²) in [6.45, 7) is 9.55. The molecule has 0 spiro atoms. The smallest absolute Gasteiger partial charge is 0.0600 e. The van der Waals surface area contributed by atoms with Gasteiger partial charge in [0.05, 0.1) is 6.10 Å². The zero-order chi connectivity index (χ0) is 11.0. The highest BCUT2D eigenvalue weighted by Crippen LogP contribution is 2.33. The van der Waals surface area contributed by atoms with Crippen molar-refractivity contribution >= 4 is 0 Å². The first kappa shape index (κ1) is 13.4. The SMILES string of the molecule is C=CCC(C)(CC=C)C(O)CCCO. The van der Waals surface area contributed by atoms with Crippen molar-refractivity contribution in [1.82, 2.24) is 0 Å². The molecular weight excluding hydrogens is 176 g/mol. The van der Waals surface area contributed by atoms with Crippen molar-refractivity contribution in [2.75, 3.05) is 6.61 Å². The zero-order valence-corrected chi connectivity index (χ0v) is 9.08. The van der Waals surface area contributed by atoms with Crippen LogP contribution in [-0.4, -0.2) is 22.9 Å². The summed E-state index contributed by atoms with van der Waals surface area (Å²) in [5.74, 6) is 0. The lowest BCUT2D eigenvalue weighted by molar-refractivity contribution is 0.0290. The topological polar surface area (TPSA) is 40.5 Å². The molecule has 2 N–H and O–H groups in total. The minimum atomic E-state index is -0.398. The van der Waals surface area contributed by atoms with Gasteiger partial charge in [-0.05, 0) is 25.7 Å². The van der Waals surface area contributed by atoms with Gasteiger partial charge in [-0.25, -0.2) is 0 Å². The average molecular weight is 198 g/mol. The number of hydrogen-bond acceptors (Lipinski definition) is 2. The maximum atomic E-state index is 9.95. The second-order valence-corrected chi connectivity index (χ2v) is 4.02. The number of allylic oxidation sites excluding steroid dienone is 2. The Morgan fingerprint density at radius 3 is 2.14 bits per heavy atom. The van der Waals surface area contributed by atoms with E-state index in [0.29, 0.717) is 12.8 Å². The van der Waals surface area contributed by atoms with Crippen LogP contribution in [0.1, 0.15) is 32.6 Å². The third kappa shape index (κ3) is 4.07. The van der Waals surface area contributed by atoms with Crippen LogP contribution in [-0.2, 0) is 0 Å². The molecule has 14 heavy (non-hydrogen) atoms. The van der Waals surface area contributed by atoms with Gasteiger partial charge in [0.25, 0.3) is 0 Å². The molecule has 0 aliphatic carbocycles. The quantitative estimate of drug-likeness (QED) is 0.587. The van der Waals surface area contributed by atoms with E-state index in [2.05, 4.69) is 13.2 Å². The number of hydrogen-bond donors (Lipinski definition) is 2. The molecule has 0 heterocycles. The van der Waals surface area contributed by atoms with E-state index in [1.165, 1.54) is 0 Å². The molecule has 0 bridgehead atoms. The van der Waals surface area contributed by atoms with Crippen LogP contribution in [0.5, 0.6) is 0 Å². The monoisotopic (exact) mass is 198 g/mol. The fourth-order valence-corrected chi connectivity index (χ4v) is 1.65. The van der Waals surface area contributed by atoms with E-state index in [0.717, 1.165) is 12.8 Å². The van der Waals surface area contributed by atoms with E-state index in [1.807, 2.05) is 19.1 Å². The number of aliphatic hydroxyl groups excluding tert-OH is 2. The summed E-state index contributed by atoms with van der Waals surface area (Å²) >= 11 is 0. The molecular formula is C12H22O2. The second-order valence-electron chi connectivity index (χ2n) is 4.02. The van der Waals surface area contributed by atoms with Gasteiger partial charge in [0.2, 0.25) is 0 Å². The molecule has 0 aliphatic heterocycles. The molecule has 1 atom stereocenters. The summed E-state index contributed by atoms with van der Waals surface area (Å²) in [7, 11) is 0. The van der Waals surface area contributed by atoms with Gasteiger partial charge < -0.3 is 10.2 Å². The van der Waals surface area contributed by atoms with Crippen molar-refractivity contribution in [3.05, 3.63) is 25.3 Å². The van der Waals surface area contributed by atoms with Crippen LogP contribution in [0.3, 0.4) is 0 Å². The molecule has 0 aromatic carbocycles. The van der Waals surface area contributed by atoms with E-state index >= 15 is 0 Å². The van der Waals surface area contributed by atoms with Crippen molar-refractivity contribution in [3.8, 4) is 0 Å². The Morgan fingerprint density at radius 1 is 1.29 bits per heavy atom. The molecule has 0 radical (unpaired) electrons. The fourth-order valence-electron chi connectivity index (χ4n) is 1.65. The Kier molecular flexibility index (Phi) is 6.50. The molecule has 82 valence electrons. The summed E-state index contributed by atoms with van der Waals surface area (Å²) < 4.78 is 0. The molecule has 0 saturated carbocycles. The minimum Gasteiger partial charge on any atom is -0.396 e. The van der Waals surface area contributed by atoms with E-state index < -0.39 is 6.10 Å². The van der Waals surface area contributed by atoms with E-state index in [4.69, 9.17) is 5.11 Å². The van der Waals surface area contributed by atoms with Gasteiger partial charge in [-0.15, -0.1) is 13.2 Å². The van der Waals surface area contributed by atoms with Crippen molar-refractivity contribution in [2.24, 2.45) is 5.41 Å². The van der Waals surface area contributed by atoms with Gasteiger partial charge >= 0.3 is 0 Å². The highest BCUT2D eigenvalue weighted by atomic mass is 16.3. The second kappa shape index (κ2) is 6.80. The summed E-state index contributed by atoms with van der Waals surface area (Å²) in [6.07, 6.45) is 6.07. The molecule has 0 saturated heterocycles. The Morgan fingerprint density at radius 2 is 1.79 bits per heavy atom. The van der Waals surface area contributed by atoms with Gasteiger partial charge in [0, 0.05) is 12.0 Å². The van der Waals surface area contributed by atoms with Crippen LogP contribution in [0.15, 0.2) is 25.3 Å². The highest BCUT2D eigenvalue weighted by molar-refractivity contribution is 4.93. The van der Waals surface area contributed by atoms with Gasteiger partial charge in [0.15, 0.2) is 0 Å². The van der Waals surface area contributed by atoms with Gasteiger partial charge in [0.1, 0.15) is 0 Å². The Bertz CT molecular complexity index is 165. The predicted molar refractivity (Wildman–Crippen MR) is 60.1 cm³/mol. The first-order valence-electron chi connectivity index (χ1n) is 5.11. The van der Waals surface area contributed by atoms with Gasteiger partial charge in [-0.1, -0.05) is 19.1 Å². The van der Waals surface area contributed by atoms with Crippen LogP contribution in [0.4, 0.5) is 0 Å². The summed E-state index contributed by atoms with van der Waals surface area (Å²) in [5.41, 5.74) is -0.182. The third-order valence-electron chi connectivity index (χ3n) is 2.66. The predicted octanol–water partition coefficient (Wildman–Crippen LogP) is 2.28. The molecule has 0 amide bonds. The largest absolute Gasteiger partial charge is 0.396 e. The fraction of sp³-hybridized carbons (Fsp3) is 0.667. The molecule has 0 rings (SSSR count).